The molecule has 1 aliphatic carbocycles. The molecule has 0 aromatic heterocycles. The van der Waals surface area contributed by atoms with Gasteiger partial charge in [0.15, 0.2) is 0 Å². The summed E-state index contributed by atoms with van der Waals surface area (Å²) in [6, 6.07) is 0. The van der Waals surface area contributed by atoms with E-state index in [0.29, 0.717) is 0 Å². The first-order valence-electron chi connectivity index (χ1n) is 3.27. The highest BCUT2D eigenvalue weighted by Crippen LogP contribution is 2.57. The van der Waals surface area contributed by atoms with Gasteiger partial charge in [0, 0.05) is 0 Å². The second-order valence-electron chi connectivity index (χ2n) is 2.35. The Morgan fingerprint density at radius 2 is 2.25 bits per heavy atom. The van der Waals surface area contributed by atoms with Gasteiger partial charge >= 0.3 is 0 Å². The predicted molar refractivity (Wildman–Crippen MR) is 41.0 cm³/mol. The number of rotatable bonds is 3. The molecule has 0 nitrogen and oxygen atoms in total. The molecule has 1 aliphatic rings. The fraction of sp³-hybridized carbons (Fsp3) is 1.00. The molecule has 0 saturated heterocycles. The van der Waals surface area contributed by atoms with Gasteiger partial charge in [-0.1, -0.05) is 24.6 Å². The van der Waals surface area contributed by atoms with E-state index >= 15 is 0 Å². The van der Waals surface area contributed by atoms with Crippen LogP contribution in [0.4, 0.5) is 0 Å². The van der Waals surface area contributed by atoms with Gasteiger partial charge < -0.3 is 0 Å². The second kappa shape index (κ2) is 3.03. The van der Waals surface area contributed by atoms with Crippen LogP contribution < -0.4 is 0 Å². The summed E-state index contributed by atoms with van der Waals surface area (Å²) in [5.41, 5.74) is 0.951. The van der Waals surface area contributed by atoms with Gasteiger partial charge in [0.1, 0.15) is 0 Å². The van der Waals surface area contributed by atoms with Crippen molar-refractivity contribution in [2.75, 3.05) is 6.16 Å². The molecule has 0 heterocycles. The maximum Gasteiger partial charge on any atom is -0.00657 e. The lowest BCUT2D eigenvalue weighted by Crippen LogP contribution is -1.79. The van der Waals surface area contributed by atoms with Gasteiger partial charge in [0.05, 0.1) is 0 Å². The molecule has 1 unspecified atom stereocenters. The van der Waals surface area contributed by atoms with Crippen LogP contribution in [0.3, 0.4) is 0 Å². The van der Waals surface area contributed by atoms with Crippen molar-refractivity contribution in [3.8, 4) is 0 Å². The van der Waals surface area contributed by atoms with Crippen LogP contribution in [-0.4, -0.2) is 11.8 Å². The topological polar surface area (TPSA) is 0 Å². The van der Waals surface area contributed by atoms with Crippen LogP contribution in [0.15, 0.2) is 0 Å². The minimum Gasteiger partial charge on any atom is -0.0961 e. The summed E-state index contributed by atoms with van der Waals surface area (Å²) < 4.78 is 0. The Kier molecular flexibility index (Phi) is 2.59. The minimum absolute atomic E-state index is 0.0563. The van der Waals surface area contributed by atoms with Crippen LogP contribution in [0.5, 0.6) is 0 Å². The zero-order valence-corrected chi connectivity index (χ0v) is 6.88. The molecule has 0 spiro atoms. The van der Waals surface area contributed by atoms with E-state index in [1.165, 1.54) is 25.4 Å². The summed E-state index contributed by atoms with van der Waals surface area (Å²) in [7, 11) is -0.0563. The van der Waals surface area contributed by atoms with Crippen LogP contribution >= 0.6 is 18.5 Å². The standard InChI is InChI=1S/C6H12ClP/c1-2-5-8(7)6-3-4-6/h6H,2-5H2,1H3. The average molecular weight is 151 g/mol. The Balaban J connectivity index is 2.03. The third-order valence-corrected chi connectivity index (χ3v) is 4.90. The molecule has 0 aliphatic heterocycles. The molecule has 0 N–H and O–H groups in total. The first-order chi connectivity index (χ1) is 3.84. The van der Waals surface area contributed by atoms with E-state index in [9.17, 15) is 0 Å². The molecule has 1 fully saturated rings. The van der Waals surface area contributed by atoms with Crippen molar-refractivity contribution in [1.29, 1.82) is 0 Å². The Morgan fingerprint density at radius 3 is 2.62 bits per heavy atom. The van der Waals surface area contributed by atoms with Crippen molar-refractivity contribution >= 4 is 18.5 Å². The number of hydrogen-bond acceptors (Lipinski definition) is 0. The predicted octanol–water partition coefficient (Wildman–Crippen LogP) is 3.19. The van der Waals surface area contributed by atoms with E-state index in [1.54, 1.807) is 0 Å². The van der Waals surface area contributed by atoms with Crippen molar-refractivity contribution in [2.24, 2.45) is 0 Å². The molecule has 0 aromatic rings. The van der Waals surface area contributed by atoms with Crippen LogP contribution in [0.25, 0.3) is 0 Å². The van der Waals surface area contributed by atoms with E-state index in [2.05, 4.69) is 6.92 Å². The summed E-state index contributed by atoms with van der Waals surface area (Å²) in [5.74, 6) is 0. The summed E-state index contributed by atoms with van der Waals surface area (Å²) in [4.78, 5) is 0. The molecular formula is C6H12ClP. The smallest absolute Gasteiger partial charge is 0.00657 e. The molecular weight excluding hydrogens is 138 g/mol. The molecule has 0 radical (unpaired) electrons. The van der Waals surface area contributed by atoms with Gasteiger partial charge in [-0.05, 0) is 31.9 Å². The third-order valence-electron chi connectivity index (χ3n) is 1.38. The van der Waals surface area contributed by atoms with Crippen molar-refractivity contribution in [3.63, 3.8) is 0 Å². The highest BCUT2D eigenvalue weighted by Gasteiger charge is 2.28. The molecule has 0 amide bonds. The van der Waals surface area contributed by atoms with Crippen LogP contribution in [0.2, 0.25) is 0 Å². The SMILES string of the molecule is CCCP(Cl)C1CC1. The molecule has 2 heteroatoms. The highest BCUT2D eigenvalue weighted by molar-refractivity contribution is 7.84. The van der Waals surface area contributed by atoms with Crippen LogP contribution in [0, 0.1) is 0 Å². The molecule has 48 valence electrons. The summed E-state index contributed by atoms with van der Waals surface area (Å²) >= 11 is 6.04. The van der Waals surface area contributed by atoms with Gasteiger partial charge in [-0.2, -0.15) is 0 Å². The molecule has 0 aromatic carbocycles. The van der Waals surface area contributed by atoms with Gasteiger partial charge in [0.2, 0.25) is 0 Å². The Bertz CT molecular complexity index is 70.9. The number of hydrogen-bond donors (Lipinski definition) is 0. The van der Waals surface area contributed by atoms with E-state index in [1.807, 2.05) is 0 Å². The second-order valence-corrected chi connectivity index (χ2v) is 5.63. The van der Waals surface area contributed by atoms with Crippen LogP contribution in [0.1, 0.15) is 26.2 Å². The van der Waals surface area contributed by atoms with Gasteiger partial charge in [-0.25, -0.2) is 0 Å². The molecule has 1 rings (SSSR count). The Labute approximate surface area is 57.2 Å². The van der Waals surface area contributed by atoms with E-state index in [-0.39, 0.29) is 7.27 Å². The summed E-state index contributed by atoms with van der Waals surface area (Å²) in [6.45, 7) is 2.21. The molecule has 0 bridgehead atoms. The van der Waals surface area contributed by atoms with E-state index in [0.717, 1.165) is 5.66 Å². The van der Waals surface area contributed by atoms with Crippen molar-refractivity contribution in [1.82, 2.24) is 0 Å². The maximum atomic E-state index is 6.04. The monoisotopic (exact) mass is 150 g/mol. The minimum atomic E-state index is -0.0563. The Morgan fingerprint density at radius 1 is 1.62 bits per heavy atom. The maximum absolute atomic E-state index is 6.04. The average Bonchev–Trinajstić information content (AvgIpc) is 2.45. The highest BCUT2D eigenvalue weighted by atomic mass is 35.7. The van der Waals surface area contributed by atoms with Crippen molar-refractivity contribution in [3.05, 3.63) is 0 Å². The van der Waals surface area contributed by atoms with Gasteiger partial charge in [0.25, 0.3) is 0 Å². The van der Waals surface area contributed by atoms with E-state index in [4.69, 9.17) is 11.2 Å². The van der Waals surface area contributed by atoms with Crippen molar-refractivity contribution in [2.45, 2.75) is 31.8 Å². The summed E-state index contributed by atoms with van der Waals surface area (Å²) in [5, 5.41) is 0. The normalized spacial score (nSPS) is 23.2. The van der Waals surface area contributed by atoms with E-state index < -0.39 is 0 Å². The number of halogens is 1. The zero-order chi connectivity index (χ0) is 5.98. The largest absolute Gasteiger partial charge is 0.0961 e. The first kappa shape index (κ1) is 6.83. The quantitative estimate of drug-likeness (QED) is 0.542. The molecule has 1 atom stereocenters. The van der Waals surface area contributed by atoms with Gasteiger partial charge in [-0.3, -0.25) is 0 Å². The molecule has 1 saturated carbocycles. The summed E-state index contributed by atoms with van der Waals surface area (Å²) in [6.07, 6.45) is 5.37. The lowest BCUT2D eigenvalue weighted by molar-refractivity contribution is 1.09. The fourth-order valence-electron chi connectivity index (χ4n) is 0.751. The van der Waals surface area contributed by atoms with Gasteiger partial charge in [-0.15, -0.1) is 0 Å². The fourth-order valence-corrected chi connectivity index (χ4v) is 3.35. The Hall–Kier alpha value is 0.720. The zero-order valence-electron chi connectivity index (χ0n) is 5.23. The lowest BCUT2D eigenvalue weighted by Gasteiger charge is -2.02. The van der Waals surface area contributed by atoms with Crippen LogP contribution in [-0.2, 0) is 0 Å². The first-order valence-corrected chi connectivity index (χ1v) is 5.77. The lowest BCUT2D eigenvalue weighted by atomic mass is 10.6. The third kappa shape index (κ3) is 1.91. The van der Waals surface area contributed by atoms with Crippen molar-refractivity contribution < 1.29 is 0 Å². The molecule has 8 heavy (non-hydrogen) atoms.